The van der Waals surface area contributed by atoms with Gasteiger partial charge >= 0.3 is 12.0 Å². The molecule has 0 fully saturated rings. The lowest BCUT2D eigenvalue weighted by atomic mass is 10.1. The molecule has 0 aliphatic rings. The Bertz CT molecular complexity index is 297. The summed E-state index contributed by atoms with van der Waals surface area (Å²) in [4.78, 5) is 22.4. The van der Waals surface area contributed by atoms with Crippen molar-refractivity contribution >= 4 is 12.0 Å². The van der Waals surface area contributed by atoms with Gasteiger partial charge in [-0.2, -0.15) is 0 Å². The molecule has 0 spiro atoms. The predicted octanol–water partition coefficient (Wildman–Crippen LogP) is 1.34. The van der Waals surface area contributed by atoms with Crippen molar-refractivity contribution in [1.29, 1.82) is 0 Å². The number of aliphatic carboxylic acids is 1. The summed E-state index contributed by atoms with van der Waals surface area (Å²) in [6.45, 7) is 3.81. The number of amides is 2. The summed E-state index contributed by atoms with van der Waals surface area (Å²) in [6.07, 6.45) is 7.86. The van der Waals surface area contributed by atoms with Crippen molar-refractivity contribution in [2.45, 2.75) is 51.6 Å². The van der Waals surface area contributed by atoms with Crippen LogP contribution in [-0.2, 0) is 4.79 Å². The van der Waals surface area contributed by atoms with Gasteiger partial charge in [0.25, 0.3) is 0 Å². The van der Waals surface area contributed by atoms with Gasteiger partial charge in [0.2, 0.25) is 0 Å². The van der Waals surface area contributed by atoms with Gasteiger partial charge in [-0.25, -0.2) is 9.59 Å². The fourth-order valence-corrected chi connectivity index (χ4v) is 1.29. The van der Waals surface area contributed by atoms with Gasteiger partial charge in [-0.3, -0.25) is 0 Å². The Kier molecular flexibility index (Phi) is 7.61. The summed E-state index contributed by atoms with van der Waals surface area (Å²) in [5, 5.41) is 13.8. The van der Waals surface area contributed by atoms with E-state index < -0.39 is 18.0 Å². The van der Waals surface area contributed by atoms with Gasteiger partial charge in [-0.15, -0.1) is 6.42 Å². The van der Waals surface area contributed by atoms with Crippen LogP contribution in [0.1, 0.15) is 39.5 Å². The van der Waals surface area contributed by atoms with E-state index in [-0.39, 0.29) is 6.04 Å². The molecular formula is C12H20N2O3. The number of hydrogen-bond donors (Lipinski definition) is 3. The molecule has 2 amide bonds. The molecule has 17 heavy (non-hydrogen) atoms. The normalized spacial score (nSPS) is 13.2. The SMILES string of the molecule is C#CC(CC)NC(=O)NC(CCCC)C(=O)O. The van der Waals surface area contributed by atoms with E-state index in [0.29, 0.717) is 12.8 Å². The molecule has 2 atom stereocenters. The van der Waals surface area contributed by atoms with Crippen LogP contribution in [0.15, 0.2) is 0 Å². The van der Waals surface area contributed by atoms with Crippen LogP contribution in [-0.4, -0.2) is 29.2 Å². The number of carbonyl (C=O) groups is 2. The average Bonchev–Trinajstić information content (AvgIpc) is 2.30. The van der Waals surface area contributed by atoms with E-state index in [2.05, 4.69) is 16.6 Å². The molecule has 0 aromatic carbocycles. The van der Waals surface area contributed by atoms with Crippen molar-refractivity contribution < 1.29 is 14.7 Å². The highest BCUT2D eigenvalue weighted by Gasteiger charge is 2.19. The molecule has 0 saturated carbocycles. The first-order chi connectivity index (χ1) is 8.04. The number of hydrogen-bond acceptors (Lipinski definition) is 2. The number of carbonyl (C=O) groups excluding carboxylic acids is 1. The monoisotopic (exact) mass is 240 g/mol. The molecule has 0 aliphatic carbocycles. The Labute approximate surface area is 102 Å². The van der Waals surface area contributed by atoms with E-state index in [0.717, 1.165) is 12.8 Å². The van der Waals surface area contributed by atoms with Crippen molar-refractivity contribution in [3.8, 4) is 12.3 Å². The summed E-state index contributed by atoms with van der Waals surface area (Å²) in [7, 11) is 0. The number of terminal acetylenes is 1. The Morgan fingerprint density at radius 2 is 2.00 bits per heavy atom. The van der Waals surface area contributed by atoms with E-state index in [9.17, 15) is 9.59 Å². The van der Waals surface area contributed by atoms with Crippen LogP contribution in [0.3, 0.4) is 0 Å². The molecule has 0 heterocycles. The molecule has 0 rings (SSSR count). The number of carboxylic acids is 1. The standard InChI is InChI=1S/C12H20N2O3/c1-4-7-8-10(11(15)16)14-12(17)13-9(5-2)6-3/h2,9-10H,4,6-8H2,1,3H3,(H,15,16)(H2,13,14,17). The molecule has 5 nitrogen and oxygen atoms in total. The van der Waals surface area contributed by atoms with E-state index in [1.807, 2.05) is 13.8 Å². The van der Waals surface area contributed by atoms with Crippen molar-refractivity contribution in [3.63, 3.8) is 0 Å². The maximum absolute atomic E-state index is 11.5. The average molecular weight is 240 g/mol. The van der Waals surface area contributed by atoms with E-state index >= 15 is 0 Å². The first-order valence-electron chi connectivity index (χ1n) is 5.81. The van der Waals surface area contributed by atoms with Gasteiger partial charge in [0.15, 0.2) is 0 Å². The summed E-state index contributed by atoms with van der Waals surface area (Å²) in [5.74, 6) is 1.38. The molecule has 96 valence electrons. The van der Waals surface area contributed by atoms with Crippen LogP contribution in [0.5, 0.6) is 0 Å². The zero-order chi connectivity index (χ0) is 13.3. The topological polar surface area (TPSA) is 78.4 Å². The van der Waals surface area contributed by atoms with Crippen LogP contribution in [0.25, 0.3) is 0 Å². The fraction of sp³-hybridized carbons (Fsp3) is 0.667. The third-order valence-corrected chi connectivity index (χ3v) is 2.36. The van der Waals surface area contributed by atoms with Crippen LogP contribution in [0, 0.1) is 12.3 Å². The van der Waals surface area contributed by atoms with Gasteiger partial charge in [-0.1, -0.05) is 32.6 Å². The third-order valence-electron chi connectivity index (χ3n) is 2.36. The molecular weight excluding hydrogens is 220 g/mol. The van der Waals surface area contributed by atoms with Crippen LogP contribution < -0.4 is 10.6 Å². The summed E-state index contributed by atoms with van der Waals surface area (Å²) >= 11 is 0. The van der Waals surface area contributed by atoms with Crippen molar-refractivity contribution in [2.24, 2.45) is 0 Å². The number of nitrogens with one attached hydrogen (secondary N) is 2. The van der Waals surface area contributed by atoms with Gasteiger partial charge in [0.05, 0.1) is 6.04 Å². The van der Waals surface area contributed by atoms with Gasteiger partial charge < -0.3 is 15.7 Å². The molecule has 5 heteroatoms. The lowest BCUT2D eigenvalue weighted by Crippen LogP contribution is -2.48. The van der Waals surface area contributed by atoms with Crippen molar-refractivity contribution in [1.82, 2.24) is 10.6 Å². The first kappa shape index (κ1) is 15.3. The molecule has 0 aromatic heterocycles. The Balaban J connectivity index is 4.21. The van der Waals surface area contributed by atoms with E-state index in [1.165, 1.54) is 0 Å². The largest absolute Gasteiger partial charge is 0.480 e. The zero-order valence-electron chi connectivity index (χ0n) is 10.3. The molecule has 0 saturated heterocycles. The fourth-order valence-electron chi connectivity index (χ4n) is 1.29. The van der Waals surface area contributed by atoms with Crippen molar-refractivity contribution in [2.75, 3.05) is 0 Å². The maximum atomic E-state index is 11.5. The maximum Gasteiger partial charge on any atom is 0.326 e. The minimum absolute atomic E-state index is 0.365. The second-order valence-electron chi connectivity index (χ2n) is 3.78. The number of unbranched alkanes of at least 4 members (excludes halogenated alkanes) is 1. The second kappa shape index (κ2) is 8.45. The highest BCUT2D eigenvalue weighted by Crippen LogP contribution is 2.01. The van der Waals surface area contributed by atoms with Crippen LogP contribution in [0.4, 0.5) is 4.79 Å². The Hall–Kier alpha value is -1.70. The zero-order valence-corrected chi connectivity index (χ0v) is 10.3. The Morgan fingerprint density at radius 3 is 2.41 bits per heavy atom. The minimum Gasteiger partial charge on any atom is -0.480 e. The van der Waals surface area contributed by atoms with E-state index in [1.54, 1.807) is 0 Å². The highest BCUT2D eigenvalue weighted by molar-refractivity contribution is 5.82. The predicted molar refractivity (Wildman–Crippen MR) is 65.5 cm³/mol. The van der Waals surface area contributed by atoms with Crippen LogP contribution >= 0.6 is 0 Å². The number of carboxylic acid groups (broad SMARTS) is 1. The van der Waals surface area contributed by atoms with Crippen LogP contribution in [0.2, 0.25) is 0 Å². The number of rotatable bonds is 7. The smallest absolute Gasteiger partial charge is 0.326 e. The second-order valence-corrected chi connectivity index (χ2v) is 3.78. The third kappa shape index (κ3) is 6.46. The molecule has 2 unspecified atom stereocenters. The molecule has 3 N–H and O–H groups in total. The van der Waals surface area contributed by atoms with E-state index in [4.69, 9.17) is 11.5 Å². The molecule has 0 bridgehead atoms. The van der Waals surface area contributed by atoms with Gasteiger partial charge in [0.1, 0.15) is 6.04 Å². The molecule has 0 radical (unpaired) electrons. The molecule has 0 aromatic rings. The minimum atomic E-state index is -1.03. The van der Waals surface area contributed by atoms with Gasteiger partial charge in [0, 0.05) is 0 Å². The lowest BCUT2D eigenvalue weighted by molar-refractivity contribution is -0.139. The summed E-state index contributed by atoms with van der Waals surface area (Å²) in [5.41, 5.74) is 0. The lowest BCUT2D eigenvalue weighted by Gasteiger charge is -2.16. The number of urea groups is 1. The molecule has 0 aliphatic heterocycles. The van der Waals surface area contributed by atoms with Gasteiger partial charge in [-0.05, 0) is 12.8 Å². The summed E-state index contributed by atoms with van der Waals surface area (Å²) < 4.78 is 0. The first-order valence-corrected chi connectivity index (χ1v) is 5.81. The van der Waals surface area contributed by atoms with Crippen molar-refractivity contribution in [3.05, 3.63) is 0 Å². The summed E-state index contributed by atoms with van der Waals surface area (Å²) in [6, 6.07) is -1.75. The highest BCUT2D eigenvalue weighted by atomic mass is 16.4. The quantitative estimate of drug-likeness (QED) is 0.588. The Morgan fingerprint density at radius 1 is 1.35 bits per heavy atom.